The molecule has 1 heterocycles. The third kappa shape index (κ3) is 2.87. The van der Waals surface area contributed by atoms with Crippen molar-refractivity contribution in [1.82, 2.24) is 9.88 Å². The molecule has 0 radical (unpaired) electrons. The molecular weight excluding hydrogens is 252 g/mol. The first-order chi connectivity index (χ1) is 8.56. The predicted molar refractivity (Wildman–Crippen MR) is 69.9 cm³/mol. The molecule has 2 rings (SSSR count). The van der Waals surface area contributed by atoms with Gasteiger partial charge in [-0.15, -0.1) is 0 Å². The van der Waals surface area contributed by atoms with Crippen LogP contribution in [0.5, 0.6) is 0 Å². The number of thioether (sulfide) groups is 1. The van der Waals surface area contributed by atoms with E-state index in [4.69, 9.17) is 5.11 Å². The first-order valence-electron chi connectivity index (χ1n) is 5.77. The largest absolute Gasteiger partial charge is 0.477 e. The molecule has 1 saturated carbocycles. The van der Waals surface area contributed by atoms with E-state index in [0.717, 1.165) is 12.8 Å². The van der Waals surface area contributed by atoms with Crippen molar-refractivity contribution in [3.05, 3.63) is 24.0 Å². The zero-order valence-corrected chi connectivity index (χ0v) is 11.0. The topological polar surface area (TPSA) is 71.3 Å². The molecule has 18 heavy (non-hydrogen) atoms. The number of carbonyl (C=O) groups is 2. The van der Waals surface area contributed by atoms with Gasteiger partial charge in [0, 0.05) is 17.5 Å². The van der Waals surface area contributed by atoms with Crippen LogP contribution in [0.25, 0.3) is 0 Å². The predicted octanol–water partition coefficient (Wildman–Crippen LogP) is 1.20. The molecule has 0 spiro atoms. The van der Waals surface area contributed by atoms with Crippen LogP contribution in [0, 0.1) is 0 Å². The molecule has 2 N–H and O–H groups in total. The van der Waals surface area contributed by atoms with Gasteiger partial charge in [-0.25, -0.2) is 4.79 Å². The van der Waals surface area contributed by atoms with E-state index in [9.17, 15) is 9.59 Å². The molecule has 0 atom stereocenters. The molecule has 0 aliphatic heterocycles. The lowest BCUT2D eigenvalue weighted by Gasteiger charge is -2.13. The van der Waals surface area contributed by atoms with E-state index in [-0.39, 0.29) is 22.9 Å². The fraction of sp³-hybridized carbons (Fsp3) is 0.500. The number of hydrogen-bond acceptors (Lipinski definition) is 3. The monoisotopic (exact) mass is 268 g/mol. The normalized spacial score (nSPS) is 16.3. The lowest BCUT2D eigenvalue weighted by atomic mass is 10.4. The number of hydrogen-bond donors (Lipinski definition) is 2. The Balaban J connectivity index is 1.87. The van der Waals surface area contributed by atoms with E-state index in [2.05, 4.69) is 5.32 Å². The summed E-state index contributed by atoms with van der Waals surface area (Å²) in [5.41, 5.74) is 0.135. The lowest BCUT2D eigenvalue weighted by Crippen LogP contribution is -2.34. The van der Waals surface area contributed by atoms with Crippen molar-refractivity contribution in [3.63, 3.8) is 0 Å². The van der Waals surface area contributed by atoms with Crippen LogP contribution in [0.2, 0.25) is 0 Å². The van der Waals surface area contributed by atoms with Crippen molar-refractivity contribution in [1.29, 1.82) is 0 Å². The highest BCUT2D eigenvalue weighted by atomic mass is 32.2. The number of carboxylic acid groups (broad SMARTS) is 1. The SMILES string of the molecule is CSC1(CNC(=O)Cn2cccc2C(=O)O)CC1. The van der Waals surface area contributed by atoms with E-state index in [1.54, 1.807) is 24.0 Å². The summed E-state index contributed by atoms with van der Waals surface area (Å²) in [6.45, 7) is 0.718. The molecule has 5 nitrogen and oxygen atoms in total. The van der Waals surface area contributed by atoms with Crippen LogP contribution in [0.15, 0.2) is 18.3 Å². The van der Waals surface area contributed by atoms with Crippen LogP contribution in [0.4, 0.5) is 0 Å². The summed E-state index contributed by atoms with van der Waals surface area (Å²) in [7, 11) is 0. The standard InChI is InChI=1S/C12H16N2O3S/c1-18-12(4-5-12)8-13-10(15)7-14-6-2-3-9(14)11(16)17/h2-3,6H,4-5,7-8H2,1H3,(H,13,15)(H,16,17). The summed E-state index contributed by atoms with van der Waals surface area (Å²) < 4.78 is 1.66. The maximum absolute atomic E-state index is 11.7. The van der Waals surface area contributed by atoms with Gasteiger partial charge >= 0.3 is 5.97 Å². The second-order valence-corrected chi connectivity index (χ2v) is 5.76. The quantitative estimate of drug-likeness (QED) is 0.813. The Bertz CT molecular complexity index is 466. The van der Waals surface area contributed by atoms with Crippen molar-refractivity contribution < 1.29 is 14.7 Å². The van der Waals surface area contributed by atoms with E-state index in [1.165, 1.54) is 10.6 Å². The molecule has 1 aromatic heterocycles. The Hall–Kier alpha value is -1.43. The zero-order valence-electron chi connectivity index (χ0n) is 10.2. The van der Waals surface area contributed by atoms with Crippen molar-refractivity contribution >= 4 is 23.6 Å². The number of aromatic nitrogens is 1. The van der Waals surface area contributed by atoms with E-state index >= 15 is 0 Å². The average Bonchev–Trinajstić information content (AvgIpc) is 2.98. The minimum atomic E-state index is -1.02. The summed E-state index contributed by atoms with van der Waals surface area (Å²) in [4.78, 5) is 22.6. The van der Waals surface area contributed by atoms with Gasteiger partial charge in [0.15, 0.2) is 0 Å². The number of nitrogens with one attached hydrogen (secondary N) is 1. The number of carboxylic acids is 1. The van der Waals surface area contributed by atoms with E-state index in [1.807, 2.05) is 6.26 Å². The van der Waals surface area contributed by atoms with Crippen LogP contribution in [-0.2, 0) is 11.3 Å². The molecule has 1 fully saturated rings. The Morgan fingerprint density at radius 3 is 2.83 bits per heavy atom. The number of aromatic carboxylic acids is 1. The first kappa shape index (κ1) is 13.0. The third-order valence-electron chi connectivity index (χ3n) is 3.21. The highest BCUT2D eigenvalue weighted by molar-refractivity contribution is 8.00. The van der Waals surface area contributed by atoms with Crippen molar-refractivity contribution in [2.24, 2.45) is 0 Å². The Morgan fingerprint density at radius 2 is 2.28 bits per heavy atom. The van der Waals surface area contributed by atoms with Crippen LogP contribution in [0.1, 0.15) is 23.3 Å². The molecule has 0 aromatic carbocycles. The van der Waals surface area contributed by atoms with Crippen LogP contribution >= 0.6 is 11.8 Å². The Morgan fingerprint density at radius 1 is 1.56 bits per heavy atom. The summed E-state index contributed by atoms with van der Waals surface area (Å²) in [6.07, 6.45) is 5.93. The maximum Gasteiger partial charge on any atom is 0.352 e. The lowest BCUT2D eigenvalue weighted by molar-refractivity contribution is -0.121. The molecule has 6 heteroatoms. The van der Waals surface area contributed by atoms with Gasteiger partial charge in [0.1, 0.15) is 12.2 Å². The maximum atomic E-state index is 11.7. The number of rotatable bonds is 6. The van der Waals surface area contributed by atoms with Gasteiger partial charge in [0.05, 0.1) is 0 Å². The van der Waals surface area contributed by atoms with Gasteiger partial charge in [-0.2, -0.15) is 11.8 Å². The van der Waals surface area contributed by atoms with Gasteiger partial charge in [-0.1, -0.05) is 0 Å². The van der Waals surface area contributed by atoms with Crippen molar-refractivity contribution in [2.75, 3.05) is 12.8 Å². The fourth-order valence-electron chi connectivity index (χ4n) is 1.81. The summed E-state index contributed by atoms with van der Waals surface area (Å²) in [5.74, 6) is -1.16. The second-order valence-electron chi connectivity index (χ2n) is 4.49. The molecule has 1 amide bonds. The van der Waals surface area contributed by atoms with Gasteiger partial charge in [0.25, 0.3) is 0 Å². The molecule has 0 saturated heterocycles. The Labute approximate surface area is 110 Å². The first-order valence-corrected chi connectivity index (χ1v) is 6.99. The van der Waals surface area contributed by atoms with Gasteiger partial charge in [-0.05, 0) is 31.2 Å². The van der Waals surface area contributed by atoms with Gasteiger partial charge in [0.2, 0.25) is 5.91 Å². The molecular formula is C12H16N2O3S. The Kier molecular flexibility index (Phi) is 3.65. The van der Waals surface area contributed by atoms with E-state index < -0.39 is 5.97 Å². The zero-order chi connectivity index (χ0) is 13.2. The average molecular weight is 268 g/mol. The van der Waals surface area contributed by atoms with Crippen molar-refractivity contribution in [2.45, 2.75) is 24.1 Å². The highest BCUT2D eigenvalue weighted by Crippen LogP contribution is 2.46. The minimum Gasteiger partial charge on any atom is -0.477 e. The van der Waals surface area contributed by atoms with Crippen LogP contribution in [0.3, 0.4) is 0 Å². The van der Waals surface area contributed by atoms with Gasteiger partial charge < -0.3 is 15.0 Å². The minimum absolute atomic E-state index is 0.0547. The second kappa shape index (κ2) is 5.06. The molecule has 98 valence electrons. The van der Waals surface area contributed by atoms with Crippen molar-refractivity contribution in [3.8, 4) is 0 Å². The summed E-state index contributed by atoms with van der Waals surface area (Å²) in [5, 5.41) is 11.8. The fourth-order valence-corrected chi connectivity index (χ4v) is 2.54. The molecule has 0 bridgehead atoms. The van der Waals surface area contributed by atoms with Crippen LogP contribution in [-0.4, -0.2) is 39.1 Å². The number of nitrogens with zero attached hydrogens (tertiary/aromatic N) is 1. The summed E-state index contributed by atoms with van der Waals surface area (Å²) in [6, 6.07) is 3.11. The van der Waals surface area contributed by atoms with E-state index in [0.29, 0.717) is 6.54 Å². The molecule has 1 aliphatic rings. The summed E-state index contributed by atoms with van der Waals surface area (Å²) >= 11 is 1.78. The number of amides is 1. The van der Waals surface area contributed by atoms with Gasteiger partial charge in [-0.3, -0.25) is 4.79 Å². The molecule has 0 unspecified atom stereocenters. The number of carbonyl (C=O) groups excluding carboxylic acids is 1. The smallest absolute Gasteiger partial charge is 0.352 e. The molecule has 1 aromatic rings. The van der Waals surface area contributed by atoms with Crippen LogP contribution < -0.4 is 5.32 Å². The highest BCUT2D eigenvalue weighted by Gasteiger charge is 2.41. The molecule has 1 aliphatic carbocycles. The third-order valence-corrected chi connectivity index (χ3v) is 4.63.